The van der Waals surface area contributed by atoms with E-state index < -0.39 is 0 Å². The van der Waals surface area contributed by atoms with Crippen molar-refractivity contribution in [2.24, 2.45) is 4.99 Å². The molecule has 0 N–H and O–H groups in total. The lowest BCUT2D eigenvalue weighted by atomic mass is 10.2. The molecule has 2 aliphatic heterocycles. The highest BCUT2D eigenvalue weighted by Gasteiger charge is 2.29. The van der Waals surface area contributed by atoms with E-state index in [1.165, 1.54) is 0 Å². The van der Waals surface area contributed by atoms with E-state index in [4.69, 9.17) is 9.41 Å². The topological polar surface area (TPSA) is 32.0 Å². The van der Waals surface area contributed by atoms with Gasteiger partial charge in [0.2, 0.25) is 0 Å². The Morgan fingerprint density at radius 2 is 2.31 bits per heavy atom. The molecule has 0 saturated carbocycles. The van der Waals surface area contributed by atoms with Gasteiger partial charge in [-0.3, -0.25) is 10.0 Å². The van der Waals surface area contributed by atoms with Gasteiger partial charge in [0.25, 0.3) is 0 Å². The Morgan fingerprint density at radius 1 is 1.44 bits per heavy atom. The third kappa shape index (κ3) is 1.46. The number of nitrogens with zero attached hydrogens (tertiary/aromatic N) is 3. The van der Waals surface area contributed by atoms with Crippen LogP contribution in [0.2, 0.25) is 0 Å². The molecular weight excluding hydrogens is 202 g/mol. The van der Waals surface area contributed by atoms with Crippen molar-refractivity contribution in [3.8, 4) is 0 Å². The zero-order valence-electron chi connectivity index (χ0n) is 9.55. The van der Waals surface area contributed by atoms with Gasteiger partial charge in [0.1, 0.15) is 17.6 Å². The molecular formula is C12H15N3O. The van der Waals surface area contributed by atoms with Gasteiger partial charge < -0.3 is 4.42 Å². The van der Waals surface area contributed by atoms with Crippen LogP contribution in [0.1, 0.15) is 17.9 Å². The molecule has 4 heteroatoms. The maximum atomic E-state index is 5.58. The molecule has 3 rings (SSSR count). The number of aliphatic imine (C=N–C) groups is 1. The van der Waals surface area contributed by atoms with Crippen LogP contribution in [-0.4, -0.2) is 35.5 Å². The Labute approximate surface area is 94.8 Å². The first kappa shape index (κ1) is 9.66. The second kappa shape index (κ2) is 3.49. The number of fused-ring (bicyclic) bond motifs is 1. The largest absolute Gasteiger partial charge is 0.460 e. The second-order valence-electron chi connectivity index (χ2n) is 4.27. The molecule has 3 heterocycles. The van der Waals surface area contributed by atoms with E-state index >= 15 is 0 Å². The lowest BCUT2D eigenvalue weighted by Gasteiger charge is -2.28. The van der Waals surface area contributed by atoms with Gasteiger partial charge in [-0.1, -0.05) is 0 Å². The molecule has 4 nitrogen and oxygen atoms in total. The summed E-state index contributed by atoms with van der Waals surface area (Å²) in [6.07, 6.45) is 5.41. The minimum atomic E-state index is 0.246. The molecule has 0 aliphatic carbocycles. The van der Waals surface area contributed by atoms with Crippen molar-refractivity contribution >= 4 is 5.71 Å². The first-order valence-corrected chi connectivity index (χ1v) is 5.56. The number of rotatable bonds is 1. The Kier molecular flexibility index (Phi) is 2.11. The van der Waals surface area contributed by atoms with Crippen LogP contribution in [0.4, 0.5) is 0 Å². The van der Waals surface area contributed by atoms with Crippen LogP contribution < -0.4 is 0 Å². The molecule has 0 aromatic carbocycles. The van der Waals surface area contributed by atoms with Crippen molar-refractivity contribution in [2.45, 2.75) is 19.5 Å². The SMILES string of the molecule is Cc1ccc(C2=NC3CCN(C)N3C=C2)o1. The molecule has 0 radical (unpaired) electrons. The summed E-state index contributed by atoms with van der Waals surface area (Å²) in [4.78, 5) is 4.70. The highest BCUT2D eigenvalue weighted by molar-refractivity contribution is 6.07. The normalized spacial score (nSPS) is 24.8. The summed E-state index contributed by atoms with van der Waals surface area (Å²) in [5.74, 6) is 1.79. The Bertz CT molecular complexity index is 461. The summed E-state index contributed by atoms with van der Waals surface area (Å²) in [5.41, 5.74) is 0.949. The van der Waals surface area contributed by atoms with Crippen LogP contribution >= 0.6 is 0 Å². The van der Waals surface area contributed by atoms with Gasteiger partial charge >= 0.3 is 0 Å². The highest BCUT2D eigenvalue weighted by atomic mass is 16.3. The summed E-state index contributed by atoms with van der Waals surface area (Å²) < 4.78 is 5.58. The average Bonchev–Trinajstić information content (AvgIpc) is 2.86. The van der Waals surface area contributed by atoms with E-state index in [-0.39, 0.29) is 6.17 Å². The van der Waals surface area contributed by atoms with Crippen LogP contribution in [0.25, 0.3) is 0 Å². The summed E-state index contributed by atoms with van der Waals surface area (Å²) in [5, 5.41) is 4.36. The molecule has 1 atom stereocenters. The Hall–Kier alpha value is -1.55. The zero-order chi connectivity index (χ0) is 11.1. The molecule has 1 unspecified atom stereocenters. The number of hydrogen-bond acceptors (Lipinski definition) is 4. The van der Waals surface area contributed by atoms with E-state index in [9.17, 15) is 0 Å². The fraction of sp³-hybridized carbons (Fsp3) is 0.417. The van der Waals surface area contributed by atoms with Crippen molar-refractivity contribution in [1.29, 1.82) is 0 Å². The van der Waals surface area contributed by atoms with Crippen molar-refractivity contribution in [3.05, 3.63) is 35.9 Å². The standard InChI is InChI=1S/C12H15N3O/c1-9-3-4-11(16-9)10-5-8-15-12(13-10)6-7-14(15)2/h3-5,8,12H,6-7H2,1-2H3. The van der Waals surface area contributed by atoms with Gasteiger partial charge in [-0.15, -0.1) is 0 Å². The predicted molar refractivity (Wildman–Crippen MR) is 62.0 cm³/mol. The lowest BCUT2D eigenvalue weighted by Crippen LogP contribution is -2.35. The molecule has 1 aromatic rings. The van der Waals surface area contributed by atoms with Gasteiger partial charge in [0, 0.05) is 26.2 Å². The maximum absolute atomic E-state index is 5.58. The maximum Gasteiger partial charge on any atom is 0.152 e. The Balaban J connectivity index is 1.89. The van der Waals surface area contributed by atoms with Gasteiger partial charge in [-0.2, -0.15) is 0 Å². The molecule has 84 valence electrons. The van der Waals surface area contributed by atoms with Gasteiger partial charge in [-0.05, 0) is 25.1 Å². The van der Waals surface area contributed by atoms with Crippen LogP contribution in [0.15, 0.2) is 33.8 Å². The fourth-order valence-corrected chi connectivity index (χ4v) is 2.18. The van der Waals surface area contributed by atoms with Crippen LogP contribution in [-0.2, 0) is 0 Å². The van der Waals surface area contributed by atoms with Crippen molar-refractivity contribution in [1.82, 2.24) is 10.0 Å². The first-order valence-electron chi connectivity index (χ1n) is 5.56. The smallest absolute Gasteiger partial charge is 0.152 e. The van der Waals surface area contributed by atoms with Gasteiger partial charge in [0.15, 0.2) is 5.76 Å². The summed E-state index contributed by atoms with van der Waals surface area (Å²) in [7, 11) is 2.09. The third-order valence-corrected chi connectivity index (χ3v) is 3.08. The van der Waals surface area contributed by atoms with Crippen molar-refractivity contribution in [2.75, 3.05) is 13.6 Å². The molecule has 1 aromatic heterocycles. The number of hydrazine groups is 1. The molecule has 0 spiro atoms. The fourth-order valence-electron chi connectivity index (χ4n) is 2.18. The van der Waals surface area contributed by atoms with E-state index in [1.807, 2.05) is 25.1 Å². The number of aryl methyl sites for hydroxylation is 1. The predicted octanol–water partition coefficient (Wildman–Crippen LogP) is 1.78. The van der Waals surface area contributed by atoms with Gasteiger partial charge in [0.05, 0.1) is 0 Å². The lowest BCUT2D eigenvalue weighted by molar-refractivity contribution is 0.0814. The first-order chi connectivity index (χ1) is 7.74. The highest BCUT2D eigenvalue weighted by Crippen LogP contribution is 2.23. The van der Waals surface area contributed by atoms with Crippen molar-refractivity contribution < 1.29 is 4.42 Å². The van der Waals surface area contributed by atoms with Crippen molar-refractivity contribution in [3.63, 3.8) is 0 Å². The second-order valence-corrected chi connectivity index (χ2v) is 4.27. The van der Waals surface area contributed by atoms with E-state index in [1.54, 1.807) is 0 Å². The molecule has 1 saturated heterocycles. The summed E-state index contributed by atoms with van der Waals surface area (Å²) in [6, 6.07) is 3.95. The average molecular weight is 217 g/mol. The summed E-state index contributed by atoms with van der Waals surface area (Å²) >= 11 is 0. The number of hydrogen-bond donors (Lipinski definition) is 0. The number of allylic oxidation sites excluding steroid dienone is 1. The van der Waals surface area contributed by atoms with E-state index in [0.717, 1.165) is 30.2 Å². The third-order valence-electron chi connectivity index (χ3n) is 3.08. The molecule has 2 aliphatic rings. The quantitative estimate of drug-likeness (QED) is 0.718. The van der Waals surface area contributed by atoms with Gasteiger partial charge in [-0.25, -0.2) is 5.01 Å². The zero-order valence-corrected chi connectivity index (χ0v) is 9.55. The molecule has 1 fully saturated rings. The minimum Gasteiger partial charge on any atom is -0.460 e. The molecule has 0 bridgehead atoms. The molecule has 0 amide bonds. The Morgan fingerprint density at radius 3 is 3.06 bits per heavy atom. The van der Waals surface area contributed by atoms with Crippen LogP contribution in [0, 0.1) is 6.92 Å². The summed E-state index contributed by atoms with van der Waals surface area (Å²) in [6.45, 7) is 3.01. The monoisotopic (exact) mass is 217 g/mol. The van der Waals surface area contributed by atoms with E-state index in [0.29, 0.717) is 0 Å². The number of furan rings is 1. The van der Waals surface area contributed by atoms with Crippen LogP contribution in [0.3, 0.4) is 0 Å². The van der Waals surface area contributed by atoms with Crippen LogP contribution in [0.5, 0.6) is 0 Å². The molecule has 16 heavy (non-hydrogen) atoms. The van der Waals surface area contributed by atoms with E-state index in [2.05, 4.69) is 23.3 Å². The minimum absolute atomic E-state index is 0.246.